The van der Waals surface area contributed by atoms with E-state index in [2.05, 4.69) is 21.3 Å². The van der Waals surface area contributed by atoms with Crippen LogP contribution < -0.4 is 10.6 Å². The minimum atomic E-state index is -1.38. The smallest absolute Gasteiger partial charge is 0.326 e. The fourth-order valence-corrected chi connectivity index (χ4v) is 1.46. The van der Waals surface area contributed by atoms with Crippen LogP contribution in [0.4, 0.5) is 10.5 Å². The van der Waals surface area contributed by atoms with Crippen LogP contribution in [0.2, 0.25) is 0 Å². The van der Waals surface area contributed by atoms with E-state index in [0.29, 0.717) is 11.3 Å². The lowest BCUT2D eigenvalue weighted by molar-refractivity contribution is -0.147. The lowest BCUT2D eigenvalue weighted by Gasteiger charge is -2.14. The van der Waals surface area contributed by atoms with E-state index in [-0.39, 0.29) is 0 Å². The van der Waals surface area contributed by atoms with Crippen LogP contribution in [0.1, 0.15) is 12.0 Å². The maximum absolute atomic E-state index is 11.7. The Hall–Kier alpha value is -3.01. The number of nitrogens with one attached hydrogen (secondary N) is 2. The highest BCUT2D eigenvalue weighted by atomic mass is 16.5. The first kappa shape index (κ1) is 16.0. The molecule has 1 aromatic rings. The van der Waals surface area contributed by atoms with Crippen molar-refractivity contribution in [3.8, 4) is 12.3 Å². The molecule has 1 atom stereocenters. The molecule has 0 aliphatic carbocycles. The number of ether oxygens (including phenoxy) is 1. The Kier molecular flexibility index (Phi) is 5.77. The van der Waals surface area contributed by atoms with E-state index in [1.54, 1.807) is 24.3 Å². The third-order valence-corrected chi connectivity index (χ3v) is 2.49. The number of hydrogen-bond acceptors (Lipinski definition) is 4. The first-order chi connectivity index (χ1) is 9.96. The lowest BCUT2D eigenvalue weighted by Crippen LogP contribution is -2.44. The summed E-state index contributed by atoms with van der Waals surface area (Å²) in [7, 11) is 1.13. The van der Waals surface area contributed by atoms with Crippen molar-refractivity contribution in [2.24, 2.45) is 0 Å². The van der Waals surface area contributed by atoms with Crippen LogP contribution in [0.3, 0.4) is 0 Å². The number of carbonyl (C=O) groups is 3. The average Bonchev–Trinajstić information content (AvgIpc) is 2.46. The molecule has 0 aliphatic heterocycles. The van der Waals surface area contributed by atoms with Gasteiger partial charge in [-0.2, -0.15) is 0 Å². The second-order valence-electron chi connectivity index (χ2n) is 3.99. The van der Waals surface area contributed by atoms with Crippen molar-refractivity contribution < 1.29 is 24.2 Å². The molecule has 110 valence electrons. The molecule has 1 rings (SSSR count). The van der Waals surface area contributed by atoms with Crippen LogP contribution in [0.15, 0.2) is 24.3 Å². The second kappa shape index (κ2) is 7.55. The van der Waals surface area contributed by atoms with E-state index in [9.17, 15) is 14.4 Å². The molecule has 7 nitrogen and oxygen atoms in total. The minimum Gasteiger partial charge on any atom is -0.480 e. The second-order valence-corrected chi connectivity index (χ2v) is 3.99. The highest BCUT2D eigenvalue weighted by Crippen LogP contribution is 2.09. The molecule has 2 amide bonds. The molecular weight excluding hydrogens is 276 g/mol. The van der Waals surface area contributed by atoms with Gasteiger partial charge in [-0.25, -0.2) is 9.59 Å². The molecule has 0 saturated heterocycles. The first-order valence-corrected chi connectivity index (χ1v) is 5.90. The zero-order valence-corrected chi connectivity index (χ0v) is 11.3. The van der Waals surface area contributed by atoms with Gasteiger partial charge in [0.25, 0.3) is 0 Å². The van der Waals surface area contributed by atoms with E-state index in [1.165, 1.54) is 0 Å². The lowest BCUT2D eigenvalue weighted by atomic mass is 10.2. The van der Waals surface area contributed by atoms with Crippen LogP contribution in [0.25, 0.3) is 0 Å². The highest BCUT2D eigenvalue weighted by molar-refractivity contribution is 5.93. The number of rotatable bonds is 5. The van der Waals surface area contributed by atoms with E-state index in [4.69, 9.17) is 11.5 Å². The van der Waals surface area contributed by atoms with Gasteiger partial charge in [-0.05, 0) is 18.2 Å². The van der Waals surface area contributed by atoms with Crippen molar-refractivity contribution in [2.45, 2.75) is 12.5 Å². The van der Waals surface area contributed by atoms with Gasteiger partial charge in [-0.3, -0.25) is 4.79 Å². The quantitative estimate of drug-likeness (QED) is 0.549. The fraction of sp³-hybridized carbons (Fsp3) is 0.214. The molecule has 0 unspecified atom stereocenters. The molecule has 7 heteroatoms. The van der Waals surface area contributed by atoms with Crippen LogP contribution >= 0.6 is 0 Å². The summed E-state index contributed by atoms with van der Waals surface area (Å²) in [6.07, 6.45) is 4.76. The zero-order chi connectivity index (χ0) is 15.8. The van der Waals surface area contributed by atoms with Crippen LogP contribution in [0.5, 0.6) is 0 Å². The third kappa shape index (κ3) is 5.24. The molecule has 0 aromatic heterocycles. The predicted molar refractivity (Wildman–Crippen MR) is 74.6 cm³/mol. The molecule has 21 heavy (non-hydrogen) atoms. The molecule has 0 bridgehead atoms. The van der Waals surface area contributed by atoms with Gasteiger partial charge >= 0.3 is 18.0 Å². The number of urea groups is 1. The van der Waals surface area contributed by atoms with Gasteiger partial charge in [-0.15, -0.1) is 6.42 Å². The van der Waals surface area contributed by atoms with Gasteiger partial charge < -0.3 is 20.5 Å². The Bertz CT molecular complexity index is 591. The number of anilines is 1. The molecule has 0 spiro atoms. The average molecular weight is 290 g/mol. The van der Waals surface area contributed by atoms with Gasteiger partial charge in [0, 0.05) is 11.3 Å². The minimum absolute atomic E-state index is 0.408. The number of esters is 1. The molecule has 3 N–H and O–H groups in total. The SMILES string of the molecule is C#Cc1cccc(NC(=O)N[C@@H](CC(=O)OC)C(=O)O)c1. The maximum atomic E-state index is 11.7. The molecule has 0 fully saturated rings. The van der Waals surface area contributed by atoms with Crippen molar-refractivity contribution in [2.75, 3.05) is 12.4 Å². The number of hydrogen-bond donors (Lipinski definition) is 3. The van der Waals surface area contributed by atoms with Crippen molar-refractivity contribution in [1.82, 2.24) is 5.32 Å². The standard InChI is InChI=1S/C14H14N2O5/c1-3-9-5-4-6-10(7-9)15-14(20)16-11(13(18)19)8-12(17)21-2/h1,4-7,11H,8H2,2H3,(H,18,19)(H2,15,16,20)/t11-/m0/s1. The molecule has 0 saturated carbocycles. The number of carbonyl (C=O) groups excluding carboxylic acids is 2. The number of amides is 2. The Morgan fingerprint density at radius 3 is 2.71 bits per heavy atom. The van der Waals surface area contributed by atoms with E-state index in [1.807, 2.05) is 0 Å². The number of carboxylic acids is 1. The maximum Gasteiger partial charge on any atom is 0.326 e. The summed E-state index contributed by atoms with van der Waals surface area (Å²) in [6, 6.07) is 4.33. The number of carboxylic acid groups (broad SMARTS) is 1. The third-order valence-electron chi connectivity index (χ3n) is 2.49. The number of benzene rings is 1. The zero-order valence-electron chi connectivity index (χ0n) is 11.3. The topological polar surface area (TPSA) is 105 Å². The van der Waals surface area contributed by atoms with Gasteiger partial charge in [-0.1, -0.05) is 12.0 Å². The van der Waals surface area contributed by atoms with Crippen molar-refractivity contribution in [1.29, 1.82) is 0 Å². The van der Waals surface area contributed by atoms with Gasteiger partial charge in [0.15, 0.2) is 0 Å². The van der Waals surface area contributed by atoms with Crippen molar-refractivity contribution >= 4 is 23.7 Å². The normalized spacial score (nSPS) is 10.9. The highest BCUT2D eigenvalue weighted by Gasteiger charge is 2.23. The summed E-state index contributed by atoms with van der Waals surface area (Å²) in [5.41, 5.74) is 0.974. The number of aliphatic carboxylic acids is 1. The fourth-order valence-electron chi connectivity index (χ4n) is 1.46. The summed E-state index contributed by atoms with van der Waals surface area (Å²) in [5.74, 6) is 0.328. The van der Waals surface area contributed by atoms with E-state index in [0.717, 1.165) is 7.11 Å². The van der Waals surface area contributed by atoms with Gasteiger partial charge in [0.05, 0.1) is 13.5 Å². The monoisotopic (exact) mass is 290 g/mol. The molecular formula is C14H14N2O5. The van der Waals surface area contributed by atoms with Crippen molar-refractivity contribution in [3.63, 3.8) is 0 Å². The molecule has 1 aromatic carbocycles. The summed E-state index contributed by atoms with van der Waals surface area (Å²) < 4.78 is 4.36. The first-order valence-electron chi connectivity index (χ1n) is 5.90. The Morgan fingerprint density at radius 2 is 2.14 bits per heavy atom. The van der Waals surface area contributed by atoms with Crippen molar-refractivity contribution in [3.05, 3.63) is 29.8 Å². The van der Waals surface area contributed by atoms with Gasteiger partial charge in [0.1, 0.15) is 6.04 Å². The molecule has 0 radical (unpaired) electrons. The molecule has 0 aliphatic rings. The summed E-state index contributed by atoms with van der Waals surface area (Å²) in [6.45, 7) is 0. The predicted octanol–water partition coefficient (Wildman–Crippen LogP) is 0.806. The van der Waals surface area contributed by atoms with Crippen LogP contribution in [-0.2, 0) is 14.3 Å². The van der Waals surface area contributed by atoms with Gasteiger partial charge in [0.2, 0.25) is 0 Å². The largest absolute Gasteiger partial charge is 0.480 e. The Morgan fingerprint density at radius 1 is 1.43 bits per heavy atom. The Balaban J connectivity index is 2.67. The number of terminal acetylenes is 1. The Labute approximate surface area is 121 Å². The van der Waals surface area contributed by atoms with Crippen LogP contribution in [-0.4, -0.2) is 36.2 Å². The summed E-state index contributed by atoms with van der Waals surface area (Å²) in [4.78, 5) is 33.7. The van der Waals surface area contributed by atoms with E-state index < -0.39 is 30.4 Å². The summed E-state index contributed by atoms with van der Waals surface area (Å²) >= 11 is 0. The summed E-state index contributed by atoms with van der Waals surface area (Å²) in [5, 5.41) is 13.5. The molecule has 0 heterocycles. The van der Waals surface area contributed by atoms with E-state index >= 15 is 0 Å². The number of methoxy groups -OCH3 is 1. The van der Waals surface area contributed by atoms with Crippen LogP contribution in [0, 0.1) is 12.3 Å².